The third kappa shape index (κ3) is 29.7. The molecule has 0 radical (unpaired) electrons. The lowest BCUT2D eigenvalue weighted by atomic mass is 10.1. The molecule has 0 aromatic heterocycles. The van der Waals surface area contributed by atoms with Gasteiger partial charge in [0.25, 0.3) is 0 Å². The number of unbranched alkanes of at least 4 members (excludes halogenated alkanes) is 18. The van der Waals surface area contributed by atoms with Crippen LogP contribution in [0, 0.1) is 0 Å². The van der Waals surface area contributed by atoms with E-state index < -0.39 is 0 Å². The number of carbonyl (C=O) groups is 1. The van der Waals surface area contributed by atoms with Gasteiger partial charge >= 0.3 is 5.97 Å². The summed E-state index contributed by atoms with van der Waals surface area (Å²) in [4.78, 5) is 15.0. The van der Waals surface area contributed by atoms with Gasteiger partial charge < -0.3 is 4.74 Å². The molecule has 0 aromatic rings. The fourth-order valence-electron chi connectivity index (χ4n) is 5.11. The monoisotopic (exact) mass is 548 g/mol. The van der Waals surface area contributed by atoms with Crippen LogP contribution in [0.25, 0.3) is 0 Å². The third-order valence-electron chi connectivity index (χ3n) is 7.78. The first-order valence-electron chi connectivity index (χ1n) is 17.2. The van der Waals surface area contributed by atoms with Crippen molar-refractivity contribution in [3.8, 4) is 0 Å². The highest BCUT2D eigenvalue weighted by atomic mass is 16.5. The minimum Gasteiger partial charge on any atom is -0.460 e. The van der Waals surface area contributed by atoms with Crippen LogP contribution >= 0.6 is 0 Å². The number of hydrogen-bond acceptors (Lipinski definition) is 3. The number of carbonyl (C=O) groups excluding carboxylic acids is 1. The van der Waals surface area contributed by atoms with E-state index in [0.717, 1.165) is 25.9 Å². The molecule has 0 saturated carbocycles. The summed E-state index contributed by atoms with van der Waals surface area (Å²) in [6.07, 6.45) is 33.5. The molecule has 0 amide bonds. The van der Waals surface area contributed by atoms with E-state index in [2.05, 4.69) is 51.7 Å². The summed E-state index contributed by atoms with van der Waals surface area (Å²) in [5.41, 5.74) is 2.66. The van der Waals surface area contributed by atoms with Crippen molar-refractivity contribution in [3.05, 3.63) is 23.3 Å². The number of ether oxygens (including phenoxy) is 1. The van der Waals surface area contributed by atoms with Crippen LogP contribution in [0.1, 0.15) is 176 Å². The van der Waals surface area contributed by atoms with E-state index in [1.165, 1.54) is 140 Å². The first-order chi connectivity index (χ1) is 19.0. The Morgan fingerprint density at radius 1 is 0.590 bits per heavy atom. The zero-order chi connectivity index (χ0) is 28.8. The van der Waals surface area contributed by atoms with Gasteiger partial charge in [-0.2, -0.15) is 0 Å². The maximum Gasteiger partial charge on any atom is 0.320 e. The summed E-state index contributed by atoms with van der Waals surface area (Å²) < 4.78 is 5.60. The predicted octanol–water partition coefficient (Wildman–Crippen LogP) is 11.4. The van der Waals surface area contributed by atoms with Crippen molar-refractivity contribution in [2.24, 2.45) is 0 Å². The van der Waals surface area contributed by atoms with Crippen molar-refractivity contribution in [1.82, 2.24) is 4.90 Å². The van der Waals surface area contributed by atoms with E-state index >= 15 is 0 Å². The molecule has 0 aromatic carbocycles. The van der Waals surface area contributed by atoms with Crippen molar-refractivity contribution >= 4 is 5.97 Å². The minimum atomic E-state index is -0.0671. The lowest BCUT2D eigenvalue weighted by Crippen LogP contribution is -2.33. The molecule has 0 heterocycles. The second-order valence-corrected chi connectivity index (χ2v) is 12.2. The Morgan fingerprint density at radius 3 is 1.41 bits per heavy atom. The molecule has 0 rings (SSSR count). The molecule has 0 aliphatic carbocycles. The molecule has 0 aliphatic rings. The van der Waals surface area contributed by atoms with Gasteiger partial charge in [0.2, 0.25) is 0 Å². The molecule has 0 atom stereocenters. The molecule has 0 spiro atoms. The largest absolute Gasteiger partial charge is 0.460 e. The maximum atomic E-state index is 12.6. The summed E-state index contributed by atoms with van der Waals surface area (Å²) >= 11 is 0. The van der Waals surface area contributed by atoms with E-state index in [1.54, 1.807) is 0 Å². The first-order valence-corrected chi connectivity index (χ1v) is 17.2. The molecule has 0 N–H and O–H groups in total. The smallest absolute Gasteiger partial charge is 0.320 e. The first kappa shape index (κ1) is 37.9. The molecular weight excluding hydrogens is 478 g/mol. The molecule has 0 saturated heterocycles. The lowest BCUT2D eigenvalue weighted by molar-refractivity contribution is -0.143. The molecule has 3 heteroatoms. The van der Waals surface area contributed by atoms with Crippen LogP contribution in [0.2, 0.25) is 0 Å². The average molecular weight is 548 g/mol. The van der Waals surface area contributed by atoms with E-state index in [-0.39, 0.29) is 5.97 Å². The number of allylic oxidation sites excluding steroid dienone is 3. The molecule has 0 unspecified atom stereocenters. The summed E-state index contributed by atoms with van der Waals surface area (Å²) in [5.74, 6) is -0.0671. The molecular formula is C36H69NO2. The highest BCUT2D eigenvalue weighted by molar-refractivity contribution is 5.71. The standard InChI is InChI=1S/C36H69NO2/c1-6-8-10-12-14-16-18-20-22-24-30-37(31-25-23-21-19-17-15-13-11-9-7-2)33-36(38)39-32-29-35(5)28-26-27-34(3)4/h27,29H,6-26,28,30-33H2,1-5H3. The number of hydrogen-bond donors (Lipinski definition) is 0. The zero-order valence-corrected chi connectivity index (χ0v) is 27.3. The topological polar surface area (TPSA) is 29.5 Å². The highest BCUT2D eigenvalue weighted by Gasteiger charge is 2.11. The molecule has 0 fully saturated rings. The fourth-order valence-corrected chi connectivity index (χ4v) is 5.11. The average Bonchev–Trinajstić information content (AvgIpc) is 2.90. The van der Waals surface area contributed by atoms with E-state index in [9.17, 15) is 4.79 Å². The van der Waals surface area contributed by atoms with Crippen LogP contribution < -0.4 is 0 Å². The molecule has 39 heavy (non-hydrogen) atoms. The minimum absolute atomic E-state index is 0.0671. The summed E-state index contributed by atoms with van der Waals surface area (Å²) in [5, 5.41) is 0. The summed E-state index contributed by atoms with van der Waals surface area (Å²) in [6.45, 7) is 13.9. The zero-order valence-electron chi connectivity index (χ0n) is 27.3. The van der Waals surface area contributed by atoms with E-state index in [0.29, 0.717) is 13.2 Å². The number of nitrogens with zero attached hydrogens (tertiary/aromatic N) is 1. The highest BCUT2D eigenvalue weighted by Crippen LogP contribution is 2.13. The van der Waals surface area contributed by atoms with Crippen LogP contribution in [0.4, 0.5) is 0 Å². The van der Waals surface area contributed by atoms with Gasteiger partial charge in [0, 0.05) is 0 Å². The Balaban J connectivity index is 4.26. The second kappa shape index (κ2) is 29.9. The van der Waals surface area contributed by atoms with Gasteiger partial charge in [-0.15, -0.1) is 0 Å². The van der Waals surface area contributed by atoms with Gasteiger partial charge in [-0.05, 0) is 65.6 Å². The third-order valence-corrected chi connectivity index (χ3v) is 7.78. The summed E-state index contributed by atoms with van der Waals surface area (Å²) in [6, 6.07) is 0. The van der Waals surface area contributed by atoms with Gasteiger partial charge in [-0.3, -0.25) is 9.69 Å². The van der Waals surface area contributed by atoms with Crippen molar-refractivity contribution in [3.63, 3.8) is 0 Å². The van der Waals surface area contributed by atoms with E-state index in [1.807, 2.05) is 0 Å². The molecule has 0 bridgehead atoms. The molecule has 230 valence electrons. The van der Waals surface area contributed by atoms with Gasteiger partial charge in [-0.25, -0.2) is 0 Å². The normalized spacial score (nSPS) is 11.8. The van der Waals surface area contributed by atoms with Crippen LogP contribution in [0.3, 0.4) is 0 Å². The summed E-state index contributed by atoms with van der Waals surface area (Å²) in [7, 11) is 0. The van der Waals surface area contributed by atoms with Gasteiger partial charge in [0.1, 0.15) is 6.61 Å². The van der Waals surface area contributed by atoms with Crippen LogP contribution in [0.5, 0.6) is 0 Å². The van der Waals surface area contributed by atoms with Crippen molar-refractivity contribution in [2.45, 2.75) is 176 Å². The van der Waals surface area contributed by atoms with Crippen LogP contribution in [-0.2, 0) is 9.53 Å². The quantitative estimate of drug-likeness (QED) is 0.0530. The Morgan fingerprint density at radius 2 is 1.00 bits per heavy atom. The molecule has 3 nitrogen and oxygen atoms in total. The Kier molecular flexibility index (Phi) is 29.0. The Hall–Kier alpha value is -1.09. The fraction of sp³-hybridized carbons (Fsp3) is 0.861. The second-order valence-electron chi connectivity index (χ2n) is 12.2. The van der Waals surface area contributed by atoms with Gasteiger partial charge in [0.15, 0.2) is 0 Å². The van der Waals surface area contributed by atoms with Gasteiger partial charge in [0.05, 0.1) is 6.54 Å². The van der Waals surface area contributed by atoms with Crippen molar-refractivity contribution < 1.29 is 9.53 Å². The van der Waals surface area contributed by atoms with Crippen LogP contribution in [0.15, 0.2) is 23.3 Å². The Bertz CT molecular complexity index is 567. The Labute approximate surface area is 245 Å². The van der Waals surface area contributed by atoms with Gasteiger partial charge in [-0.1, -0.05) is 147 Å². The molecule has 0 aliphatic heterocycles. The maximum absolute atomic E-state index is 12.6. The number of rotatable bonds is 29. The van der Waals surface area contributed by atoms with Crippen LogP contribution in [-0.4, -0.2) is 37.1 Å². The van der Waals surface area contributed by atoms with E-state index in [4.69, 9.17) is 4.74 Å². The lowest BCUT2D eigenvalue weighted by Gasteiger charge is -2.21. The number of esters is 1. The van der Waals surface area contributed by atoms with Crippen molar-refractivity contribution in [1.29, 1.82) is 0 Å². The van der Waals surface area contributed by atoms with Crippen molar-refractivity contribution in [2.75, 3.05) is 26.2 Å². The predicted molar refractivity (Wildman–Crippen MR) is 174 cm³/mol. The SMILES string of the molecule is CCCCCCCCCCCCN(CCCCCCCCCCCC)CC(=O)OCC=C(C)CCC=C(C)C.